The summed E-state index contributed by atoms with van der Waals surface area (Å²) in [5.74, 6) is 0.767. The summed E-state index contributed by atoms with van der Waals surface area (Å²) in [5, 5.41) is 5.23. The summed E-state index contributed by atoms with van der Waals surface area (Å²) in [5.41, 5.74) is 2.66. The van der Waals surface area contributed by atoms with Crippen LogP contribution in [0.4, 0.5) is 5.69 Å². The molecule has 0 saturated carbocycles. The molecule has 2 N–H and O–H groups in total. The van der Waals surface area contributed by atoms with E-state index >= 15 is 0 Å². The Balaban J connectivity index is 1.75. The summed E-state index contributed by atoms with van der Waals surface area (Å²) < 4.78 is 28.4. The van der Waals surface area contributed by atoms with Gasteiger partial charge in [0.2, 0.25) is 15.9 Å². The monoisotopic (exact) mass is 417 g/mol. The predicted octanol–water partition coefficient (Wildman–Crippen LogP) is 2.31. The lowest BCUT2D eigenvalue weighted by atomic mass is 10.1. The van der Waals surface area contributed by atoms with E-state index in [4.69, 9.17) is 9.88 Å². The Labute approximate surface area is 172 Å². The van der Waals surface area contributed by atoms with E-state index in [-0.39, 0.29) is 29.4 Å². The van der Waals surface area contributed by atoms with Crippen LogP contribution in [-0.2, 0) is 21.2 Å². The van der Waals surface area contributed by atoms with E-state index in [2.05, 4.69) is 6.92 Å². The number of anilines is 1. The van der Waals surface area contributed by atoms with Crippen molar-refractivity contribution in [3.8, 4) is 5.75 Å². The number of amides is 1. The zero-order valence-corrected chi connectivity index (χ0v) is 17.9. The van der Waals surface area contributed by atoms with Gasteiger partial charge in [-0.15, -0.1) is 0 Å². The molecule has 29 heavy (non-hydrogen) atoms. The second kappa shape index (κ2) is 8.14. The van der Waals surface area contributed by atoms with Crippen molar-refractivity contribution < 1.29 is 17.9 Å². The normalized spacial score (nSPS) is 17.3. The second-order valence-electron chi connectivity index (χ2n) is 7.52. The van der Waals surface area contributed by atoms with Crippen molar-refractivity contribution in [1.29, 1.82) is 0 Å². The molecule has 2 aromatic rings. The van der Waals surface area contributed by atoms with Crippen LogP contribution < -0.4 is 14.8 Å². The molecule has 0 spiro atoms. The van der Waals surface area contributed by atoms with E-state index in [1.54, 1.807) is 24.1 Å². The largest absolute Gasteiger partial charge is 0.497 e. The molecule has 156 valence electrons. The highest BCUT2D eigenvalue weighted by molar-refractivity contribution is 7.89. The zero-order chi connectivity index (χ0) is 21.3. The molecule has 1 aliphatic heterocycles. The average Bonchev–Trinajstić information content (AvgIpc) is 3.01. The molecule has 2 atom stereocenters. The Morgan fingerprint density at radius 3 is 2.52 bits per heavy atom. The third-order valence-electron chi connectivity index (χ3n) is 5.51. The summed E-state index contributed by atoms with van der Waals surface area (Å²) in [6, 6.07) is 12.5. The average molecular weight is 418 g/mol. The van der Waals surface area contributed by atoms with Crippen molar-refractivity contribution in [1.82, 2.24) is 4.90 Å². The lowest BCUT2D eigenvalue weighted by Crippen LogP contribution is -2.42. The van der Waals surface area contributed by atoms with Gasteiger partial charge in [0.25, 0.3) is 0 Å². The van der Waals surface area contributed by atoms with Crippen LogP contribution in [-0.4, -0.2) is 46.0 Å². The van der Waals surface area contributed by atoms with Crippen LogP contribution in [0, 0.1) is 0 Å². The lowest BCUT2D eigenvalue weighted by molar-refractivity contribution is -0.120. The number of rotatable bonds is 6. The topological polar surface area (TPSA) is 92.9 Å². The van der Waals surface area contributed by atoms with Crippen LogP contribution in [0.5, 0.6) is 5.75 Å². The number of nitrogens with zero attached hydrogens (tertiary/aromatic N) is 2. The molecular weight excluding hydrogens is 390 g/mol. The SMILES string of the molecule is COc1ccc(C(C)N(C)CC(=O)N2c3ccc(S(N)(=O)=O)cc3CC2C)cc1. The highest BCUT2D eigenvalue weighted by Crippen LogP contribution is 2.34. The molecule has 0 saturated heterocycles. The maximum absolute atomic E-state index is 13.1. The number of fused-ring (bicyclic) bond motifs is 1. The first-order chi connectivity index (χ1) is 13.6. The second-order valence-corrected chi connectivity index (χ2v) is 9.08. The van der Waals surface area contributed by atoms with E-state index in [0.717, 1.165) is 22.6 Å². The van der Waals surface area contributed by atoms with Crippen molar-refractivity contribution in [2.45, 2.75) is 37.2 Å². The van der Waals surface area contributed by atoms with Gasteiger partial charge in [-0.05, 0) is 68.8 Å². The van der Waals surface area contributed by atoms with Gasteiger partial charge in [-0.3, -0.25) is 9.69 Å². The molecule has 7 nitrogen and oxygen atoms in total. The molecule has 2 unspecified atom stereocenters. The Hall–Kier alpha value is -2.42. The fourth-order valence-electron chi connectivity index (χ4n) is 3.73. The van der Waals surface area contributed by atoms with Crippen molar-refractivity contribution in [3.05, 3.63) is 53.6 Å². The lowest BCUT2D eigenvalue weighted by Gasteiger charge is -2.29. The first-order valence-corrected chi connectivity index (χ1v) is 11.0. The molecule has 1 heterocycles. The molecule has 0 aromatic heterocycles. The van der Waals surface area contributed by atoms with Gasteiger partial charge < -0.3 is 9.64 Å². The van der Waals surface area contributed by atoms with Crippen molar-refractivity contribution >= 4 is 21.6 Å². The molecule has 0 radical (unpaired) electrons. The smallest absolute Gasteiger partial charge is 0.241 e. The molecule has 8 heteroatoms. The summed E-state index contributed by atoms with van der Waals surface area (Å²) in [6.07, 6.45) is 0.599. The van der Waals surface area contributed by atoms with E-state index in [9.17, 15) is 13.2 Å². The van der Waals surface area contributed by atoms with Crippen LogP contribution in [0.3, 0.4) is 0 Å². The third-order valence-corrected chi connectivity index (χ3v) is 6.42. The number of benzene rings is 2. The van der Waals surface area contributed by atoms with Crippen LogP contribution in [0.2, 0.25) is 0 Å². The molecule has 0 bridgehead atoms. The summed E-state index contributed by atoms with van der Waals surface area (Å²) in [4.78, 5) is 16.9. The summed E-state index contributed by atoms with van der Waals surface area (Å²) in [6.45, 7) is 4.25. The molecule has 0 fully saturated rings. The van der Waals surface area contributed by atoms with Gasteiger partial charge in [-0.25, -0.2) is 13.6 Å². The van der Waals surface area contributed by atoms with Gasteiger partial charge >= 0.3 is 0 Å². The summed E-state index contributed by atoms with van der Waals surface area (Å²) >= 11 is 0. The Kier molecular flexibility index (Phi) is 5.97. The number of hydrogen-bond donors (Lipinski definition) is 1. The molecule has 0 aliphatic carbocycles. The van der Waals surface area contributed by atoms with Crippen LogP contribution in [0.1, 0.15) is 31.0 Å². The fraction of sp³-hybridized carbons (Fsp3) is 0.381. The number of likely N-dealkylation sites (N-methyl/N-ethyl adjacent to an activating group) is 1. The molecular formula is C21H27N3O4S. The van der Waals surface area contributed by atoms with Gasteiger partial charge in [0.15, 0.2) is 0 Å². The number of carbonyl (C=O) groups excluding carboxylic acids is 1. The minimum atomic E-state index is -3.77. The fourth-order valence-corrected chi connectivity index (χ4v) is 4.29. The van der Waals surface area contributed by atoms with Crippen LogP contribution in [0.15, 0.2) is 47.4 Å². The van der Waals surface area contributed by atoms with Gasteiger partial charge in [0.05, 0.1) is 18.6 Å². The highest BCUT2D eigenvalue weighted by Gasteiger charge is 2.32. The Morgan fingerprint density at radius 2 is 1.93 bits per heavy atom. The number of sulfonamides is 1. The molecule has 3 rings (SSSR count). The maximum Gasteiger partial charge on any atom is 0.241 e. The number of nitrogens with two attached hydrogens (primary N) is 1. The van der Waals surface area contributed by atoms with E-state index in [1.807, 2.05) is 43.1 Å². The van der Waals surface area contributed by atoms with Crippen LogP contribution in [0.25, 0.3) is 0 Å². The Morgan fingerprint density at radius 1 is 1.28 bits per heavy atom. The van der Waals surface area contributed by atoms with Gasteiger partial charge in [-0.1, -0.05) is 12.1 Å². The minimum absolute atomic E-state index is 0.0255. The first-order valence-electron chi connectivity index (χ1n) is 9.43. The number of primary sulfonamides is 1. The van der Waals surface area contributed by atoms with Crippen molar-refractivity contribution in [3.63, 3.8) is 0 Å². The predicted molar refractivity (Wildman–Crippen MR) is 113 cm³/mol. The molecule has 1 amide bonds. The van der Waals surface area contributed by atoms with E-state index < -0.39 is 10.0 Å². The molecule has 2 aromatic carbocycles. The minimum Gasteiger partial charge on any atom is -0.497 e. The first kappa shape index (κ1) is 21.3. The number of hydrogen-bond acceptors (Lipinski definition) is 5. The van der Waals surface area contributed by atoms with Crippen molar-refractivity contribution in [2.75, 3.05) is 25.6 Å². The molecule has 1 aliphatic rings. The third kappa shape index (κ3) is 4.44. The number of ether oxygens (including phenoxy) is 1. The zero-order valence-electron chi connectivity index (χ0n) is 17.1. The van der Waals surface area contributed by atoms with E-state index in [0.29, 0.717) is 6.42 Å². The number of carbonyl (C=O) groups is 1. The van der Waals surface area contributed by atoms with Gasteiger partial charge in [0.1, 0.15) is 5.75 Å². The maximum atomic E-state index is 13.1. The van der Waals surface area contributed by atoms with Crippen LogP contribution >= 0.6 is 0 Å². The Bertz CT molecular complexity index is 1010. The number of methoxy groups -OCH3 is 1. The van der Waals surface area contributed by atoms with Gasteiger partial charge in [0, 0.05) is 17.8 Å². The highest BCUT2D eigenvalue weighted by atomic mass is 32.2. The van der Waals surface area contributed by atoms with Gasteiger partial charge in [-0.2, -0.15) is 0 Å². The van der Waals surface area contributed by atoms with Crippen molar-refractivity contribution in [2.24, 2.45) is 5.14 Å². The quantitative estimate of drug-likeness (QED) is 0.779. The summed E-state index contributed by atoms with van der Waals surface area (Å²) in [7, 11) is -0.222. The van der Waals surface area contributed by atoms with E-state index in [1.165, 1.54) is 6.07 Å². The standard InChI is InChI=1S/C21H27N3O4S/c1-14-11-17-12-19(29(22,26)27)9-10-20(17)24(14)21(25)13-23(3)15(2)16-5-7-18(28-4)8-6-16/h5-10,12,14-15H,11,13H2,1-4H3,(H2,22,26,27).